The molecule has 0 saturated carbocycles. The number of aromatic nitrogens is 4. The third-order valence-electron chi connectivity index (χ3n) is 3.93. The van der Waals surface area contributed by atoms with Crippen molar-refractivity contribution in [2.75, 3.05) is 14.2 Å². The molecule has 2 aromatic heterocycles. The highest BCUT2D eigenvalue weighted by Gasteiger charge is 2.15. The Balaban J connectivity index is 2.08. The van der Waals surface area contributed by atoms with Gasteiger partial charge in [0.15, 0.2) is 17.1 Å². The number of aromatic amines is 1. The molecule has 0 aliphatic rings. The van der Waals surface area contributed by atoms with Crippen LogP contribution in [0.2, 0.25) is 0 Å². The van der Waals surface area contributed by atoms with Crippen LogP contribution in [0, 0.1) is 0 Å². The number of H-pyrrole nitrogens is 1. The summed E-state index contributed by atoms with van der Waals surface area (Å²) in [5.74, 6) is 1.23. The fourth-order valence-electron chi connectivity index (χ4n) is 2.79. The Kier molecular flexibility index (Phi) is 3.19. The number of rotatable bonds is 3. The minimum atomic E-state index is -0.377. The van der Waals surface area contributed by atoms with E-state index in [-0.39, 0.29) is 5.69 Å². The Labute approximate surface area is 136 Å². The lowest BCUT2D eigenvalue weighted by Gasteiger charge is -2.11. The van der Waals surface area contributed by atoms with Gasteiger partial charge in [0, 0.05) is 16.3 Å². The molecule has 0 radical (unpaired) electrons. The van der Waals surface area contributed by atoms with E-state index in [1.54, 1.807) is 14.2 Å². The summed E-state index contributed by atoms with van der Waals surface area (Å²) in [5, 5.41) is 12.7. The van der Waals surface area contributed by atoms with E-state index in [1.165, 1.54) is 4.52 Å². The predicted molar refractivity (Wildman–Crippen MR) is 89.7 cm³/mol. The Hall–Kier alpha value is -3.35. The van der Waals surface area contributed by atoms with Crippen LogP contribution in [-0.4, -0.2) is 34.0 Å². The molecule has 4 aromatic rings. The summed E-state index contributed by atoms with van der Waals surface area (Å²) in [6, 6.07) is 13.2. The summed E-state index contributed by atoms with van der Waals surface area (Å²) < 4.78 is 11.9. The molecule has 2 heterocycles. The van der Waals surface area contributed by atoms with Crippen molar-refractivity contribution in [1.29, 1.82) is 0 Å². The highest BCUT2D eigenvalue weighted by molar-refractivity contribution is 6.01. The van der Waals surface area contributed by atoms with Crippen molar-refractivity contribution in [3.05, 3.63) is 52.9 Å². The third kappa shape index (κ3) is 2.02. The van der Waals surface area contributed by atoms with E-state index in [0.717, 1.165) is 16.3 Å². The number of fused-ring (bicyclic) bond motifs is 3. The average molecular weight is 322 g/mol. The molecule has 1 N–H and O–H groups in total. The molecule has 0 atom stereocenters. The molecule has 0 unspecified atom stereocenters. The molecule has 0 aliphatic carbocycles. The average Bonchev–Trinajstić information content (AvgIpc) is 3.01. The molecule has 0 bridgehead atoms. The smallest absolute Gasteiger partial charge is 0.364 e. The number of hydrogen-bond acceptors (Lipinski definition) is 5. The molecular weight excluding hydrogens is 308 g/mol. The highest BCUT2D eigenvalue weighted by Crippen LogP contribution is 2.34. The van der Waals surface area contributed by atoms with Gasteiger partial charge >= 0.3 is 5.69 Å². The molecule has 0 fully saturated rings. The van der Waals surface area contributed by atoms with E-state index < -0.39 is 0 Å². The number of ether oxygens (including phenoxy) is 2. The zero-order valence-corrected chi connectivity index (χ0v) is 13.1. The maximum atomic E-state index is 12.0. The highest BCUT2D eigenvalue weighted by atomic mass is 16.5. The molecule has 0 saturated heterocycles. The molecule has 4 rings (SSSR count). The van der Waals surface area contributed by atoms with Gasteiger partial charge in [-0.25, -0.2) is 9.89 Å². The number of nitrogens with one attached hydrogen (secondary N) is 1. The molecule has 120 valence electrons. The molecule has 2 aromatic carbocycles. The Bertz CT molecular complexity index is 1110. The predicted octanol–water partition coefficient (Wildman–Crippen LogP) is 2.25. The van der Waals surface area contributed by atoms with E-state index in [9.17, 15) is 4.79 Å². The molecule has 0 aliphatic heterocycles. The van der Waals surface area contributed by atoms with Crippen LogP contribution in [-0.2, 0) is 0 Å². The van der Waals surface area contributed by atoms with Gasteiger partial charge < -0.3 is 9.47 Å². The lowest BCUT2D eigenvalue weighted by molar-refractivity contribution is 0.355. The lowest BCUT2D eigenvalue weighted by Crippen LogP contribution is -2.13. The van der Waals surface area contributed by atoms with Gasteiger partial charge in [0.2, 0.25) is 0 Å². The van der Waals surface area contributed by atoms with Crippen LogP contribution in [0.25, 0.3) is 27.7 Å². The van der Waals surface area contributed by atoms with E-state index in [2.05, 4.69) is 15.3 Å². The lowest BCUT2D eigenvalue weighted by atomic mass is 10.0. The van der Waals surface area contributed by atoms with Crippen molar-refractivity contribution < 1.29 is 9.47 Å². The van der Waals surface area contributed by atoms with Crippen molar-refractivity contribution in [3.63, 3.8) is 0 Å². The minimum Gasteiger partial charge on any atom is -0.493 e. The summed E-state index contributed by atoms with van der Waals surface area (Å²) in [6.07, 6.45) is 0. The van der Waals surface area contributed by atoms with E-state index in [0.29, 0.717) is 22.8 Å². The monoisotopic (exact) mass is 322 g/mol. The quantitative estimate of drug-likeness (QED) is 0.625. The number of nitrogens with zero attached hydrogens (tertiary/aromatic N) is 3. The van der Waals surface area contributed by atoms with E-state index in [1.807, 2.05) is 42.5 Å². The van der Waals surface area contributed by atoms with Gasteiger partial charge in [0.05, 0.1) is 19.9 Å². The fourth-order valence-corrected chi connectivity index (χ4v) is 2.79. The van der Waals surface area contributed by atoms with Crippen molar-refractivity contribution in [2.24, 2.45) is 0 Å². The molecular formula is C17H14N4O3. The molecule has 24 heavy (non-hydrogen) atoms. The van der Waals surface area contributed by atoms with Crippen molar-refractivity contribution in [1.82, 2.24) is 19.8 Å². The van der Waals surface area contributed by atoms with Crippen molar-refractivity contribution in [2.45, 2.75) is 0 Å². The minimum absolute atomic E-state index is 0.377. The third-order valence-corrected chi connectivity index (χ3v) is 3.93. The van der Waals surface area contributed by atoms with E-state index >= 15 is 0 Å². The van der Waals surface area contributed by atoms with Crippen molar-refractivity contribution >= 4 is 16.4 Å². The molecule has 0 amide bonds. The first-order chi connectivity index (χ1) is 11.7. The first-order valence-corrected chi connectivity index (χ1v) is 7.31. The normalized spacial score (nSPS) is 11.1. The van der Waals surface area contributed by atoms with Gasteiger partial charge in [-0.2, -0.15) is 14.7 Å². The molecule has 0 spiro atoms. The number of methoxy groups -OCH3 is 2. The SMILES string of the molecule is COc1ccc(-c2nn3c(=O)[nH]nc3c3ccccc23)cc1OC. The summed E-state index contributed by atoms with van der Waals surface area (Å²) in [4.78, 5) is 12.0. The maximum Gasteiger partial charge on any atom is 0.364 e. The zero-order chi connectivity index (χ0) is 16.7. The topological polar surface area (TPSA) is 81.5 Å². The van der Waals surface area contributed by atoms with Crippen LogP contribution in [0.5, 0.6) is 11.5 Å². The van der Waals surface area contributed by atoms with Crippen molar-refractivity contribution in [3.8, 4) is 22.8 Å². The molecule has 7 nitrogen and oxygen atoms in total. The largest absolute Gasteiger partial charge is 0.493 e. The van der Waals surface area contributed by atoms with Crippen LogP contribution >= 0.6 is 0 Å². The zero-order valence-electron chi connectivity index (χ0n) is 13.1. The maximum absolute atomic E-state index is 12.0. The summed E-state index contributed by atoms with van der Waals surface area (Å²) in [6.45, 7) is 0. The van der Waals surface area contributed by atoms with Crippen LogP contribution in [0.1, 0.15) is 0 Å². The summed E-state index contributed by atoms with van der Waals surface area (Å²) in [5.41, 5.74) is 1.61. The summed E-state index contributed by atoms with van der Waals surface area (Å²) in [7, 11) is 3.17. The Morgan fingerprint density at radius 1 is 1.00 bits per heavy atom. The van der Waals surface area contributed by atoms with Crippen LogP contribution in [0.4, 0.5) is 0 Å². The standard InChI is InChI=1S/C17H14N4O3/c1-23-13-8-7-10(9-14(13)24-2)15-11-5-3-4-6-12(11)16-18-19-17(22)21(16)20-15/h3-9H,1-2H3,(H,19,22). The van der Waals surface area contributed by atoms with Crippen LogP contribution in [0.15, 0.2) is 47.3 Å². The second kappa shape index (κ2) is 5.38. The molecule has 7 heteroatoms. The summed E-state index contributed by atoms with van der Waals surface area (Å²) >= 11 is 0. The van der Waals surface area contributed by atoms with E-state index in [4.69, 9.17) is 9.47 Å². The number of hydrogen-bond donors (Lipinski definition) is 1. The fraction of sp³-hybridized carbons (Fsp3) is 0.118. The second-order valence-electron chi connectivity index (χ2n) is 5.23. The Morgan fingerprint density at radius 3 is 2.50 bits per heavy atom. The van der Waals surface area contributed by atoms with Crippen LogP contribution < -0.4 is 15.2 Å². The van der Waals surface area contributed by atoms with Gasteiger partial charge in [-0.1, -0.05) is 24.3 Å². The second-order valence-corrected chi connectivity index (χ2v) is 5.23. The van der Waals surface area contributed by atoms with Gasteiger partial charge in [0.25, 0.3) is 0 Å². The number of benzene rings is 2. The van der Waals surface area contributed by atoms with Crippen LogP contribution in [0.3, 0.4) is 0 Å². The first-order valence-electron chi connectivity index (χ1n) is 7.31. The van der Waals surface area contributed by atoms with Gasteiger partial charge in [-0.05, 0) is 18.2 Å². The van der Waals surface area contributed by atoms with Gasteiger partial charge in [0.1, 0.15) is 0 Å². The Morgan fingerprint density at radius 2 is 1.75 bits per heavy atom. The van der Waals surface area contributed by atoms with Gasteiger partial charge in [-0.3, -0.25) is 0 Å². The first kappa shape index (κ1) is 14.3. The van der Waals surface area contributed by atoms with Gasteiger partial charge in [-0.15, -0.1) is 0 Å².